The number of nitrogens with one attached hydrogen (secondary N) is 1. The fourth-order valence-corrected chi connectivity index (χ4v) is 5.01. The van der Waals surface area contributed by atoms with Crippen LogP contribution in [0.25, 0.3) is 0 Å². The molecule has 2 aromatic rings. The van der Waals surface area contributed by atoms with E-state index in [0.717, 1.165) is 12.8 Å². The minimum absolute atomic E-state index is 0.0995. The summed E-state index contributed by atoms with van der Waals surface area (Å²) in [6.45, 7) is 5.96. The van der Waals surface area contributed by atoms with Crippen molar-refractivity contribution in [2.45, 2.75) is 77.3 Å². The SMILES string of the molecule is C[C@@H]1CN([C@@H](C)CO)C(=O)c2cc(NC(=O)CCC(F)(F)F)ccc2O[C@@H](C)CCCCO[C@H]1CN(C)C(=O)c1ccncc1. The normalized spacial score (nSPS) is 20.8. The molecular formula is C32H43F3N4O6. The third-order valence-corrected chi connectivity index (χ3v) is 7.70. The van der Waals surface area contributed by atoms with E-state index in [4.69, 9.17) is 9.47 Å². The first-order valence-corrected chi connectivity index (χ1v) is 15.1. The molecule has 0 fully saturated rings. The number of alkyl halides is 3. The summed E-state index contributed by atoms with van der Waals surface area (Å²) in [7, 11) is 1.68. The van der Waals surface area contributed by atoms with Gasteiger partial charge in [0.1, 0.15) is 5.75 Å². The number of rotatable bonds is 8. The van der Waals surface area contributed by atoms with Crippen LogP contribution in [0, 0.1) is 5.92 Å². The second-order valence-corrected chi connectivity index (χ2v) is 11.6. The van der Waals surface area contributed by atoms with E-state index in [0.29, 0.717) is 18.6 Å². The molecule has 1 aliphatic rings. The molecule has 0 bridgehead atoms. The largest absolute Gasteiger partial charge is 0.490 e. The topological polar surface area (TPSA) is 121 Å². The molecule has 1 aromatic carbocycles. The quantitative estimate of drug-likeness (QED) is 0.422. The summed E-state index contributed by atoms with van der Waals surface area (Å²) < 4.78 is 50.3. The van der Waals surface area contributed by atoms with Gasteiger partial charge in [0, 0.05) is 62.7 Å². The van der Waals surface area contributed by atoms with Crippen molar-refractivity contribution in [3.05, 3.63) is 53.9 Å². The maximum atomic E-state index is 14.1. The fraction of sp³-hybridized carbons (Fsp3) is 0.562. The summed E-state index contributed by atoms with van der Waals surface area (Å²) in [5.74, 6) is -1.55. The molecule has 0 aliphatic carbocycles. The molecule has 248 valence electrons. The Balaban J connectivity index is 1.91. The van der Waals surface area contributed by atoms with E-state index in [9.17, 15) is 32.7 Å². The zero-order valence-electron chi connectivity index (χ0n) is 26.2. The standard InChI is InChI=1S/C32H43F3N4O6/c1-21-18-39(22(2)20-40)31(43)26-17-25(37-29(41)10-13-32(33,34)35)8-9-27(26)45-23(3)7-5-6-16-44-28(21)19-38(4)30(42)24-11-14-36-15-12-24/h8-9,11-12,14-15,17,21-23,28,40H,5-7,10,13,16,18-20H2,1-4H3,(H,37,41)/t21-,22+,23+,28+/m1/s1. The molecule has 2 N–H and O–H groups in total. The van der Waals surface area contributed by atoms with Crippen molar-refractivity contribution >= 4 is 23.4 Å². The molecule has 3 rings (SSSR count). The summed E-state index contributed by atoms with van der Waals surface area (Å²) in [6, 6.07) is 7.03. The number of carbonyl (C=O) groups excluding carboxylic acids is 3. The van der Waals surface area contributed by atoms with Crippen molar-refractivity contribution in [2.75, 3.05) is 38.7 Å². The number of halogens is 3. The van der Waals surface area contributed by atoms with Gasteiger partial charge < -0.3 is 29.7 Å². The molecule has 45 heavy (non-hydrogen) atoms. The molecule has 0 spiro atoms. The number of carbonyl (C=O) groups is 3. The Morgan fingerprint density at radius 2 is 1.89 bits per heavy atom. The third kappa shape index (κ3) is 11.0. The summed E-state index contributed by atoms with van der Waals surface area (Å²) in [4.78, 5) is 46.5. The Hall–Kier alpha value is -3.71. The van der Waals surface area contributed by atoms with Gasteiger partial charge >= 0.3 is 6.18 Å². The van der Waals surface area contributed by atoms with Gasteiger partial charge in [-0.05, 0) is 63.4 Å². The van der Waals surface area contributed by atoms with Crippen LogP contribution in [0.2, 0.25) is 0 Å². The van der Waals surface area contributed by atoms with Crippen LogP contribution in [0.3, 0.4) is 0 Å². The number of nitrogens with zero attached hydrogens (tertiary/aromatic N) is 3. The van der Waals surface area contributed by atoms with E-state index in [1.165, 1.54) is 23.1 Å². The number of aromatic nitrogens is 1. The van der Waals surface area contributed by atoms with Crippen molar-refractivity contribution in [2.24, 2.45) is 5.92 Å². The highest BCUT2D eigenvalue weighted by molar-refractivity contribution is 5.99. The monoisotopic (exact) mass is 636 g/mol. The minimum Gasteiger partial charge on any atom is -0.490 e. The third-order valence-electron chi connectivity index (χ3n) is 7.70. The van der Waals surface area contributed by atoms with Crippen LogP contribution in [-0.2, 0) is 9.53 Å². The number of pyridine rings is 1. The van der Waals surface area contributed by atoms with Gasteiger partial charge in [-0.2, -0.15) is 13.2 Å². The molecule has 13 heteroatoms. The maximum absolute atomic E-state index is 14.1. The van der Waals surface area contributed by atoms with Crippen LogP contribution in [0.5, 0.6) is 5.75 Å². The lowest BCUT2D eigenvalue weighted by Gasteiger charge is -2.36. The number of amides is 3. The van der Waals surface area contributed by atoms with Gasteiger partial charge in [0.25, 0.3) is 11.8 Å². The average molecular weight is 637 g/mol. The van der Waals surface area contributed by atoms with Crippen LogP contribution in [0.1, 0.15) is 73.6 Å². The molecule has 0 saturated carbocycles. The molecular weight excluding hydrogens is 593 g/mol. The number of hydrogen-bond donors (Lipinski definition) is 2. The molecule has 0 radical (unpaired) electrons. The summed E-state index contributed by atoms with van der Waals surface area (Å²) >= 11 is 0. The van der Waals surface area contributed by atoms with E-state index in [-0.39, 0.29) is 54.6 Å². The lowest BCUT2D eigenvalue weighted by atomic mass is 10.0. The predicted octanol–water partition coefficient (Wildman–Crippen LogP) is 4.93. The zero-order chi connectivity index (χ0) is 33.1. The highest BCUT2D eigenvalue weighted by atomic mass is 19.4. The van der Waals surface area contributed by atoms with Crippen molar-refractivity contribution < 1.29 is 42.1 Å². The van der Waals surface area contributed by atoms with E-state index >= 15 is 0 Å². The Morgan fingerprint density at radius 3 is 2.56 bits per heavy atom. The molecule has 0 unspecified atom stereocenters. The molecule has 1 aliphatic heterocycles. The van der Waals surface area contributed by atoms with Crippen LogP contribution in [-0.4, -0.2) is 95.4 Å². The lowest BCUT2D eigenvalue weighted by molar-refractivity contribution is -0.142. The maximum Gasteiger partial charge on any atom is 0.389 e. The first-order chi connectivity index (χ1) is 21.3. The Morgan fingerprint density at radius 1 is 1.18 bits per heavy atom. The molecule has 0 saturated heterocycles. The Kier molecular flexibility index (Phi) is 13.2. The van der Waals surface area contributed by atoms with E-state index in [2.05, 4.69) is 10.3 Å². The highest BCUT2D eigenvalue weighted by Crippen LogP contribution is 2.29. The number of anilines is 1. The van der Waals surface area contributed by atoms with Gasteiger partial charge in [0.2, 0.25) is 5.91 Å². The van der Waals surface area contributed by atoms with E-state index in [1.807, 2.05) is 13.8 Å². The Labute approximate surface area is 261 Å². The minimum atomic E-state index is -4.48. The Bertz CT molecular complexity index is 1280. The molecule has 4 atom stereocenters. The van der Waals surface area contributed by atoms with Gasteiger partial charge in [-0.1, -0.05) is 6.92 Å². The summed E-state index contributed by atoms with van der Waals surface area (Å²) in [5.41, 5.74) is 0.731. The first kappa shape index (κ1) is 35.8. The number of aliphatic hydroxyl groups excluding tert-OH is 1. The van der Waals surface area contributed by atoms with Crippen LogP contribution in [0.4, 0.5) is 18.9 Å². The van der Waals surface area contributed by atoms with Crippen LogP contribution >= 0.6 is 0 Å². The number of ether oxygens (including phenoxy) is 2. The van der Waals surface area contributed by atoms with Crippen LogP contribution < -0.4 is 10.1 Å². The molecule has 1 aromatic heterocycles. The first-order valence-electron chi connectivity index (χ1n) is 15.1. The van der Waals surface area contributed by atoms with Gasteiger partial charge in [-0.3, -0.25) is 19.4 Å². The number of fused-ring (bicyclic) bond motifs is 1. The van der Waals surface area contributed by atoms with Crippen molar-refractivity contribution in [3.8, 4) is 5.75 Å². The number of aliphatic hydroxyl groups is 1. The smallest absolute Gasteiger partial charge is 0.389 e. The number of hydrogen-bond acceptors (Lipinski definition) is 7. The second-order valence-electron chi connectivity index (χ2n) is 11.6. The summed E-state index contributed by atoms with van der Waals surface area (Å²) in [6.07, 6.45) is -1.97. The van der Waals surface area contributed by atoms with Gasteiger partial charge in [0.15, 0.2) is 0 Å². The fourth-order valence-electron chi connectivity index (χ4n) is 5.01. The number of likely N-dealkylation sites (N-methyl/N-ethyl adjacent to an activating group) is 1. The van der Waals surface area contributed by atoms with E-state index < -0.39 is 43.0 Å². The van der Waals surface area contributed by atoms with Gasteiger partial charge in [0.05, 0.1) is 36.8 Å². The summed E-state index contributed by atoms with van der Waals surface area (Å²) in [5, 5.41) is 12.5. The zero-order valence-corrected chi connectivity index (χ0v) is 26.2. The van der Waals surface area contributed by atoms with E-state index in [1.54, 1.807) is 43.4 Å². The molecule has 3 amide bonds. The number of benzene rings is 1. The van der Waals surface area contributed by atoms with Crippen molar-refractivity contribution in [3.63, 3.8) is 0 Å². The molecule has 10 nitrogen and oxygen atoms in total. The lowest BCUT2D eigenvalue weighted by Crippen LogP contribution is -2.48. The molecule has 2 heterocycles. The van der Waals surface area contributed by atoms with Gasteiger partial charge in [-0.15, -0.1) is 0 Å². The average Bonchev–Trinajstić information content (AvgIpc) is 3.01. The van der Waals surface area contributed by atoms with Crippen LogP contribution in [0.15, 0.2) is 42.7 Å². The van der Waals surface area contributed by atoms with Gasteiger partial charge in [-0.25, -0.2) is 0 Å². The predicted molar refractivity (Wildman–Crippen MR) is 162 cm³/mol. The second kappa shape index (κ2) is 16.6. The van der Waals surface area contributed by atoms with Crippen molar-refractivity contribution in [1.29, 1.82) is 0 Å². The highest BCUT2D eigenvalue weighted by Gasteiger charge is 2.32. The van der Waals surface area contributed by atoms with Crippen molar-refractivity contribution in [1.82, 2.24) is 14.8 Å².